The SMILES string of the molecule is Fc1ccc(CCBr)c(Br)c1. The van der Waals surface area contributed by atoms with Gasteiger partial charge < -0.3 is 0 Å². The third-order valence-corrected chi connectivity index (χ3v) is 2.51. The summed E-state index contributed by atoms with van der Waals surface area (Å²) < 4.78 is 13.4. The van der Waals surface area contributed by atoms with Crippen molar-refractivity contribution in [1.82, 2.24) is 0 Å². The van der Waals surface area contributed by atoms with Crippen molar-refractivity contribution in [2.75, 3.05) is 5.33 Å². The van der Waals surface area contributed by atoms with Crippen molar-refractivity contribution in [3.8, 4) is 0 Å². The molecule has 0 atom stereocenters. The van der Waals surface area contributed by atoms with Crippen LogP contribution in [-0.4, -0.2) is 5.33 Å². The highest BCUT2D eigenvalue weighted by Crippen LogP contribution is 2.18. The third kappa shape index (κ3) is 2.56. The maximum atomic E-state index is 12.5. The predicted molar refractivity (Wildman–Crippen MR) is 51.6 cm³/mol. The number of rotatable bonds is 2. The van der Waals surface area contributed by atoms with Crippen molar-refractivity contribution in [2.24, 2.45) is 0 Å². The lowest BCUT2D eigenvalue weighted by molar-refractivity contribution is 0.626. The van der Waals surface area contributed by atoms with Crippen LogP contribution < -0.4 is 0 Å². The minimum Gasteiger partial charge on any atom is -0.207 e. The lowest BCUT2D eigenvalue weighted by Gasteiger charge is -2.00. The molecule has 0 bridgehead atoms. The zero-order chi connectivity index (χ0) is 8.27. The molecule has 0 fully saturated rings. The number of halogens is 3. The Bertz CT molecular complexity index is 248. The van der Waals surface area contributed by atoms with E-state index < -0.39 is 0 Å². The summed E-state index contributed by atoms with van der Waals surface area (Å²) in [4.78, 5) is 0. The Balaban J connectivity index is 2.90. The maximum absolute atomic E-state index is 12.5. The molecule has 0 aliphatic rings. The highest BCUT2D eigenvalue weighted by Gasteiger charge is 1.99. The van der Waals surface area contributed by atoms with Gasteiger partial charge in [-0.05, 0) is 24.1 Å². The smallest absolute Gasteiger partial charge is 0.124 e. The average Bonchev–Trinajstić information content (AvgIpc) is 1.95. The fourth-order valence-electron chi connectivity index (χ4n) is 0.826. The van der Waals surface area contributed by atoms with Crippen LogP contribution in [0.15, 0.2) is 22.7 Å². The topological polar surface area (TPSA) is 0 Å². The van der Waals surface area contributed by atoms with Gasteiger partial charge in [-0.1, -0.05) is 37.9 Å². The molecule has 0 saturated heterocycles. The van der Waals surface area contributed by atoms with E-state index >= 15 is 0 Å². The van der Waals surface area contributed by atoms with E-state index in [0.717, 1.165) is 21.8 Å². The number of hydrogen-bond acceptors (Lipinski definition) is 0. The molecule has 0 aromatic heterocycles. The standard InChI is InChI=1S/C8H7Br2F/c9-4-3-6-1-2-7(11)5-8(6)10/h1-2,5H,3-4H2. The fourth-order valence-corrected chi connectivity index (χ4v) is 1.80. The fraction of sp³-hybridized carbons (Fsp3) is 0.250. The molecule has 0 amide bonds. The van der Waals surface area contributed by atoms with Gasteiger partial charge in [0.25, 0.3) is 0 Å². The summed E-state index contributed by atoms with van der Waals surface area (Å²) in [6, 6.07) is 4.75. The van der Waals surface area contributed by atoms with E-state index in [2.05, 4.69) is 31.9 Å². The van der Waals surface area contributed by atoms with Crippen LogP contribution >= 0.6 is 31.9 Å². The Morgan fingerprint density at radius 3 is 2.64 bits per heavy atom. The number of aryl methyl sites for hydroxylation is 1. The van der Waals surface area contributed by atoms with E-state index in [1.54, 1.807) is 6.07 Å². The number of benzene rings is 1. The minimum absolute atomic E-state index is 0.199. The Morgan fingerprint density at radius 1 is 1.36 bits per heavy atom. The van der Waals surface area contributed by atoms with Gasteiger partial charge in [0.15, 0.2) is 0 Å². The molecule has 0 unspecified atom stereocenters. The molecule has 0 aliphatic carbocycles. The van der Waals surface area contributed by atoms with Gasteiger partial charge in [-0.25, -0.2) is 4.39 Å². The molecule has 0 radical (unpaired) electrons. The first-order chi connectivity index (χ1) is 5.24. The lowest BCUT2D eigenvalue weighted by Crippen LogP contribution is -1.87. The second kappa shape index (κ2) is 4.21. The van der Waals surface area contributed by atoms with Crippen LogP contribution in [0.3, 0.4) is 0 Å². The van der Waals surface area contributed by atoms with Crippen LogP contribution in [-0.2, 0) is 6.42 Å². The van der Waals surface area contributed by atoms with Crippen LogP contribution in [0.1, 0.15) is 5.56 Å². The molecule has 1 rings (SSSR count). The lowest BCUT2D eigenvalue weighted by atomic mass is 10.2. The molecule has 0 saturated carbocycles. The van der Waals surface area contributed by atoms with E-state index in [9.17, 15) is 4.39 Å². The summed E-state index contributed by atoms with van der Waals surface area (Å²) in [5.74, 6) is -0.199. The van der Waals surface area contributed by atoms with Gasteiger partial charge in [-0.3, -0.25) is 0 Å². The van der Waals surface area contributed by atoms with Crippen LogP contribution in [0, 0.1) is 5.82 Å². The molecule has 60 valence electrons. The van der Waals surface area contributed by atoms with Crippen molar-refractivity contribution in [3.63, 3.8) is 0 Å². The predicted octanol–water partition coefficient (Wildman–Crippen LogP) is 3.53. The minimum atomic E-state index is -0.199. The van der Waals surface area contributed by atoms with Gasteiger partial charge in [0.05, 0.1) is 0 Å². The van der Waals surface area contributed by atoms with E-state index in [1.807, 2.05) is 0 Å². The first kappa shape index (κ1) is 9.20. The number of hydrogen-bond donors (Lipinski definition) is 0. The zero-order valence-corrected chi connectivity index (χ0v) is 8.95. The summed E-state index contributed by atoms with van der Waals surface area (Å²) in [6.45, 7) is 0. The summed E-state index contributed by atoms with van der Waals surface area (Å²) in [5, 5.41) is 0.900. The van der Waals surface area contributed by atoms with Crippen LogP contribution in [0.4, 0.5) is 4.39 Å². The van der Waals surface area contributed by atoms with Crippen molar-refractivity contribution >= 4 is 31.9 Å². The average molecular weight is 282 g/mol. The Labute approximate surface area is 82.1 Å². The van der Waals surface area contributed by atoms with Crippen molar-refractivity contribution in [1.29, 1.82) is 0 Å². The Hall–Kier alpha value is 0.110. The molecule has 1 aromatic rings. The van der Waals surface area contributed by atoms with Gasteiger partial charge in [0.2, 0.25) is 0 Å². The normalized spacial score (nSPS) is 10.1. The second-order valence-corrected chi connectivity index (χ2v) is 3.82. The van der Waals surface area contributed by atoms with Crippen LogP contribution in [0.25, 0.3) is 0 Å². The third-order valence-electron chi connectivity index (χ3n) is 1.38. The monoisotopic (exact) mass is 280 g/mol. The van der Waals surface area contributed by atoms with E-state index in [-0.39, 0.29) is 5.82 Å². The largest absolute Gasteiger partial charge is 0.207 e. The Kier molecular flexibility index (Phi) is 3.52. The molecule has 1 aromatic carbocycles. The van der Waals surface area contributed by atoms with Gasteiger partial charge >= 0.3 is 0 Å². The van der Waals surface area contributed by atoms with Gasteiger partial charge in [0.1, 0.15) is 5.82 Å². The summed E-state index contributed by atoms with van der Waals surface area (Å²) in [5.41, 5.74) is 1.13. The molecule has 0 spiro atoms. The highest BCUT2D eigenvalue weighted by molar-refractivity contribution is 9.10. The summed E-state index contributed by atoms with van der Waals surface area (Å²) in [7, 11) is 0. The molecule has 11 heavy (non-hydrogen) atoms. The van der Waals surface area contributed by atoms with Crippen molar-refractivity contribution < 1.29 is 4.39 Å². The molecule has 0 aliphatic heterocycles. The summed E-state index contributed by atoms with van der Waals surface area (Å²) in [6.07, 6.45) is 0.918. The quantitative estimate of drug-likeness (QED) is 0.728. The first-order valence-corrected chi connectivity index (χ1v) is 5.15. The molecule has 0 heterocycles. The highest BCUT2D eigenvalue weighted by atomic mass is 79.9. The first-order valence-electron chi connectivity index (χ1n) is 3.24. The van der Waals surface area contributed by atoms with E-state index in [0.29, 0.717) is 0 Å². The van der Waals surface area contributed by atoms with Gasteiger partial charge in [-0.2, -0.15) is 0 Å². The van der Waals surface area contributed by atoms with Gasteiger partial charge in [0, 0.05) is 9.80 Å². The Morgan fingerprint density at radius 2 is 2.09 bits per heavy atom. The molecular formula is C8H7Br2F. The maximum Gasteiger partial charge on any atom is 0.124 e. The zero-order valence-electron chi connectivity index (χ0n) is 5.78. The van der Waals surface area contributed by atoms with Gasteiger partial charge in [-0.15, -0.1) is 0 Å². The second-order valence-electron chi connectivity index (χ2n) is 2.17. The number of alkyl halides is 1. The van der Waals surface area contributed by atoms with Crippen LogP contribution in [0.2, 0.25) is 0 Å². The molecular weight excluding hydrogens is 275 g/mol. The molecule has 0 N–H and O–H groups in total. The van der Waals surface area contributed by atoms with Crippen molar-refractivity contribution in [3.05, 3.63) is 34.1 Å². The van der Waals surface area contributed by atoms with E-state index in [1.165, 1.54) is 12.1 Å². The van der Waals surface area contributed by atoms with E-state index in [4.69, 9.17) is 0 Å². The molecule has 3 heteroatoms. The van der Waals surface area contributed by atoms with Crippen LogP contribution in [0.5, 0.6) is 0 Å². The molecule has 0 nitrogen and oxygen atoms in total. The summed E-state index contributed by atoms with van der Waals surface area (Å²) >= 11 is 6.61. The van der Waals surface area contributed by atoms with Crippen molar-refractivity contribution in [2.45, 2.75) is 6.42 Å².